The Kier molecular flexibility index (Phi) is 4.24. The summed E-state index contributed by atoms with van der Waals surface area (Å²) in [5.41, 5.74) is 1.76. The van der Waals surface area contributed by atoms with Crippen molar-refractivity contribution in [3.63, 3.8) is 0 Å². The Morgan fingerprint density at radius 1 is 1.00 bits per heavy atom. The first kappa shape index (κ1) is 15.5. The highest BCUT2D eigenvalue weighted by atomic mass is 16.6. The number of hydrogen-bond donors (Lipinski definition) is 2. The van der Waals surface area contributed by atoms with Gasteiger partial charge >= 0.3 is 0 Å². The Morgan fingerprint density at radius 2 is 1.84 bits per heavy atom. The Balaban J connectivity index is 1.66. The molecular weight excluding hydrogens is 316 g/mol. The second kappa shape index (κ2) is 6.84. The number of fused-ring (bicyclic) bond motifs is 2. The fourth-order valence-electron chi connectivity index (χ4n) is 2.76. The molecule has 2 N–H and O–H groups in total. The first-order valence-electron chi connectivity index (χ1n) is 8.51. The van der Waals surface area contributed by atoms with E-state index in [9.17, 15) is 0 Å². The number of ether oxygens (including phenoxy) is 2. The molecule has 0 radical (unpaired) electrons. The van der Waals surface area contributed by atoms with E-state index >= 15 is 0 Å². The Labute approximate surface area is 146 Å². The van der Waals surface area contributed by atoms with Gasteiger partial charge in [0.1, 0.15) is 19.0 Å². The summed E-state index contributed by atoms with van der Waals surface area (Å²) >= 11 is 0. The van der Waals surface area contributed by atoms with Crippen LogP contribution in [0, 0.1) is 0 Å². The fourth-order valence-corrected chi connectivity index (χ4v) is 2.76. The molecule has 0 amide bonds. The molecule has 2 heterocycles. The summed E-state index contributed by atoms with van der Waals surface area (Å²) in [7, 11) is 0. The van der Waals surface area contributed by atoms with Crippen molar-refractivity contribution < 1.29 is 9.47 Å². The maximum Gasteiger partial charge on any atom is 0.229 e. The van der Waals surface area contributed by atoms with Crippen LogP contribution in [0.3, 0.4) is 0 Å². The number of benzene rings is 2. The van der Waals surface area contributed by atoms with Gasteiger partial charge in [-0.3, -0.25) is 0 Å². The van der Waals surface area contributed by atoms with Crippen molar-refractivity contribution in [3.05, 3.63) is 42.5 Å². The molecule has 0 fully saturated rings. The quantitative estimate of drug-likeness (QED) is 0.735. The lowest BCUT2D eigenvalue weighted by Gasteiger charge is -2.19. The molecule has 0 atom stereocenters. The molecule has 2 aromatic carbocycles. The van der Waals surface area contributed by atoms with E-state index in [2.05, 4.69) is 27.5 Å². The molecule has 128 valence electrons. The van der Waals surface area contributed by atoms with E-state index in [4.69, 9.17) is 9.47 Å². The largest absolute Gasteiger partial charge is 0.486 e. The minimum Gasteiger partial charge on any atom is -0.486 e. The molecule has 6 nitrogen and oxygen atoms in total. The molecule has 0 saturated heterocycles. The van der Waals surface area contributed by atoms with Gasteiger partial charge in [-0.25, -0.2) is 4.98 Å². The van der Waals surface area contributed by atoms with E-state index in [0.29, 0.717) is 19.2 Å². The van der Waals surface area contributed by atoms with Gasteiger partial charge < -0.3 is 20.1 Å². The number of para-hydroxylation sites is 1. The molecule has 0 spiro atoms. The molecule has 1 aliphatic heterocycles. The third-order valence-electron chi connectivity index (χ3n) is 3.94. The molecule has 25 heavy (non-hydrogen) atoms. The number of nitrogens with zero attached hydrogens (tertiary/aromatic N) is 2. The highest BCUT2D eigenvalue weighted by Gasteiger charge is 2.13. The topological polar surface area (TPSA) is 68.3 Å². The van der Waals surface area contributed by atoms with Gasteiger partial charge in [-0.05, 0) is 30.7 Å². The van der Waals surface area contributed by atoms with E-state index in [1.165, 1.54) is 0 Å². The number of aromatic nitrogens is 2. The SMILES string of the molecule is CCCNc1nc(Nc2ccc3c(c2)OCCO3)nc2ccccc12. The smallest absolute Gasteiger partial charge is 0.229 e. The van der Waals surface area contributed by atoms with Crippen LogP contribution in [0.1, 0.15) is 13.3 Å². The van der Waals surface area contributed by atoms with E-state index in [1.54, 1.807) is 0 Å². The van der Waals surface area contributed by atoms with Crippen molar-refractivity contribution in [2.75, 3.05) is 30.4 Å². The summed E-state index contributed by atoms with van der Waals surface area (Å²) in [6.45, 7) is 4.14. The van der Waals surface area contributed by atoms with Crippen molar-refractivity contribution in [2.45, 2.75) is 13.3 Å². The summed E-state index contributed by atoms with van der Waals surface area (Å²) < 4.78 is 11.2. The number of nitrogens with one attached hydrogen (secondary N) is 2. The lowest BCUT2D eigenvalue weighted by atomic mass is 10.2. The molecule has 6 heteroatoms. The molecular formula is C19H20N4O2. The predicted molar refractivity (Wildman–Crippen MR) is 99.0 cm³/mol. The summed E-state index contributed by atoms with van der Waals surface area (Å²) in [6, 6.07) is 13.7. The van der Waals surface area contributed by atoms with Crippen molar-refractivity contribution in [1.82, 2.24) is 9.97 Å². The van der Waals surface area contributed by atoms with Crippen LogP contribution in [0.5, 0.6) is 11.5 Å². The van der Waals surface area contributed by atoms with Crippen molar-refractivity contribution in [3.8, 4) is 11.5 Å². The minimum atomic E-state index is 0.550. The molecule has 1 aliphatic rings. The van der Waals surface area contributed by atoms with Crippen molar-refractivity contribution >= 4 is 28.4 Å². The van der Waals surface area contributed by atoms with Crippen LogP contribution in [0.4, 0.5) is 17.5 Å². The van der Waals surface area contributed by atoms with Gasteiger partial charge in [0.2, 0.25) is 5.95 Å². The number of hydrogen-bond acceptors (Lipinski definition) is 6. The average Bonchev–Trinajstić information content (AvgIpc) is 2.66. The fraction of sp³-hybridized carbons (Fsp3) is 0.263. The molecule has 4 rings (SSSR count). The second-order valence-corrected chi connectivity index (χ2v) is 5.82. The van der Waals surface area contributed by atoms with Crippen LogP contribution in [0.2, 0.25) is 0 Å². The lowest BCUT2D eigenvalue weighted by molar-refractivity contribution is 0.171. The van der Waals surface area contributed by atoms with E-state index in [0.717, 1.165) is 46.9 Å². The summed E-state index contributed by atoms with van der Waals surface area (Å²) in [5, 5.41) is 7.66. The maximum atomic E-state index is 5.63. The van der Waals surface area contributed by atoms with Gasteiger partial charge in [0.25, 0.3) is 0 Å². The third-order valence-corrected chi connectivity index (χ3v) is 3.94. The van der Waals surface area contributed by atoms with Crippen LogP contribution in [-0.2, 0) is 0 Å². The number of anilines is 3. The molecule has 0 unspecified atom stereocenters. The first-order valence-corrected chi connectivity index (χ1v) is 8.51. The summed E-state index contributed by atoms with van der Waals surface area (Å²) in [5.74, 6) is 2.89. The Morgan fingerprint density at radius 3 is 2.72 bits per heavy atom. The summed E-state index contributed by atoms with van der Waals surface area (Å²) in [6.07, 6.45) is 1.03. The molecule has 0 aliphatic carbocycles. The molecule has 0 bridgehead atoms. The molecule has 0 saturated carbocycles. The average molecular weight is 336 g/mol. The van der Waals surface area contributed by atoms with Gasteiger partial charge in [-0.15, -0.1) is 0 Å². The van der Waals surface area contributed by atoms with Gasteiger partial charge in [0.05, 0.1) is 5.52 Å². The zero-order valence-electron chi connectivity index (χ0n) is 14.1. The lowest BCUT2D eigenvalue weighted by Crippen LogP contribution is -2.15. The monoisotopic (exact) mass is 336 g/mol. The van der Waals surface area contributed by atoms with Crippen LogP contribution in [-0.4, -0.2) is 29.7 Å². The van der Waals surface area contributed by atoms with Crippen LogP contribution in [0.25, 0.3) is 10.9 Å². The zero-order chi connectivity index (χ0) is 17.1. The second-order valence-electron chi connectivity index (χ2n) is 5.82. The van der Waals surface area contributed by atoms with Crippen LogP contribution in [0.15, 0.2) is 42.5 Å². The van der Waals surface area contributed by atoms with Crippen LogP contribution >= 0.6 is 0 Å². The third kappa shape index (κ3) is 3.28. The van der Waals surface area contributed by atoms with Crippen molar-refractivity contribution in [2.24, 2.45) is 0 Å². The van der Waals surface area contributed by atoms with E-state index in [1.807, 2.05) is 42.5 Å². The molecule has 3 aromatic rings. The van der Waals surface area contributed by atoms with Gasteiger partial charge in [-0.1, -0.05) is 19.1 Å². The minimum absolute atomic E-state index is 0.550. The van der Waals surface area contributed by atoms with E-state index in [-0.39, 0.29) is 0 Å². The van der Waals surface area contributed by atoms with Gasteiger partial charge in [0, 0.05) is 23.7 Å². The number of rotatable bonds is 5. The van der Waals surface area contributed by atoms with E-state index < -0.39 is 0 Å². The van der Waals surface area contributed by atoms with Crippen molar-refractivity contribution in [1.29, 1.82) is 0 Å². The normalized spacial score (nSPS) is 12.8. The highest BCUT2D eigenvalue weighted by Crippen LogP contribution is 2.33. The highest BCUT2D eigenvalue weighted by molar-refractivity contribution is 5.90. The Bertz CT molecular complexity index is 898. The standard InChI is InChI=1S/C19H20N4O2/c1-2-9-20-18-14-5-3-4-6-15(14)22-19(23-18)21-13-7-8-16-17(12-13)25-11-10-24-16/h3-8,12H,2,9-11H2,1H3,(H2,20,21,22,23). The molecule has 1 aromatic heterocycles. The van der Waals surface area contributed by atoms with Crippen LogP contribution < -0.4 is 20.1 Å². The van der Waals surface area contributed by atoms with Gasteiger partial charge in [0.15, 0.2) is 11.5 Å². The predicted octanol–water partition coefficient (Wildman–Crippen LogP) is 3.97. The Hall–Kier alpha value is -3.02. The first-order chi connectivity index (χ1) is 12.3. The zero-order valence-corrected chi connectivity index (χ0v) is 14.1. The van der Waals surface area contributed by atoms with Gasteiger partial charge in [-0.2, -0.15) is 4.98 Å². The summed E-state index contributed by atoms with van der Waals surface area (Å²) in [4.78, 5) is 9.26. The maximum absolute atomic E-state index is 5.63.